The molecule has 9 heteroatoms. The van der Waals surface area contributed by atoms with Crippen LogP contribution >= 0.6 is 0 Å². The summed E-state index contributed by atoms with van der Waals surface area (Å²) in [5, 5.41) is 0. The molecule has 0 aliphatic carbocycles. The first-order chi connectivity index (χ1) is 12.7. The molecule has 1 aromatic carbocycles. The summed E-state index contributed by atoms with van der Waals surface area (Å²) in [6.07, 6.45) is -2.98. The molecule has 0 bridgehead atoms. The second-order valence-corrected chi connectivity index (χ2v) is 6.21. The number of imidazole rings is 1. The molecule has 0 atom stereocenters. The van der Waals surface area contributed by atoms with E-state index in [0.29, 0.717) is 16.9 Å². The highest BCUT2D eigenvalue weighted by molar-refractivity contribution is 5.97. The molecule has 2 heterocycles. The fourth-order valence-electron chi connectivity index (χ4n) is 2.88. The molecular weight excluding hydrogens is 363 g/mol. The maximum Gasteiger partial charge on any atom is 0.406 e. The number of fused-ring (bicyclic) bond motifs is 1. The highest BCUT2D eigenvalue weighted by atomic mass is 19.4. The number of nitrogens with one attached hydrogen (secondary N) is 1. The fraction of sp³-hybridized carbons (Fsp3) is 0.333. The predicted molar refractivity (Wildman–Crippen MR) is 92.5 cm³/mol. The lowest BCUT2D eigenvalue weighted by Gasteiger charge is -2.20. The van der Waals surface area contributed by atoms with Gasteiger partial charge in [0.2, 0.25) is 0 Å². The van der Waals surface area contributed by atoms with Gasteiger partial charge in [0.05, 0.1) is 23.8 Å². The smallest absolute Gasteiger partial charge is 0.406 e. The van der Waals surface area contributed by atoms with E-state index in [-0.39, 0.29) is 29.0 Å². The van der Waals surface area contributed by atoms with E-state index >= 15 is 0 Å². The Morgan fingerprint density at radius 1 is 1.30 bits per heavy atom. The number of aryl methyl sites for hydroxylation is 1. The molecule has 0 spiro atoms. The van der Waals surface area contributed by atoms with Crippen molar-refractivity contribution >= 4 is 16.9 Å². The van der Waals surface area contributed by atoms with E-state index in [1.54, 1.807) is 17.2 Å². The normalized spacial score (nSPS) is 11.9. The summed E-state index contributed by atoms with van der Waals surface area (Å²) in [5.41, 5.74) is 0.601. The molecule has 27 heavy (non-hydrogen) atoms. The topological polar surface area (TPSA) is 71.2 Å². The number of rotatable bonds is 5. The lowest BCUT2D eigenvalue weighted by atomic mass is 10.1. The number of aromatic amines is 1. The van der Waals surface area contributed by atoms with E-state index in [1.807, 2.05) is 13.8 Å². The van der Waals surface area contributed by atoms with Gasteiger partial charge in [-0.3, -0.25) is 9.36 Å². The number of hydrogen-bond donors (Lipinski definition) is 1. The highest BCUT2D eigenvalue weighted by Crippen LogP contribution is 2.21. The molecule has 2 aromatic heterocycles. The Balaban J connectivity index is 1.91. The predicted octanol–water partition coefficient (Wildman–Crippen LogP) is 3.46. The van der Waals surface area contributed by atoms with E-state index in [4.69, 9.17) is 4.42 Å². The summed E-state index contributed by atoms with van der Waals surface area (Å²) in [4.78, 5) is 28.5. The van der Waals surface area contributed by atoms with Crippen LogP contribution in [-0.2, 0) is 13.1 Å². The van der Waals surface area contributed by atoms with Gasteiger partial charge >= 0.3 is 11.9 Å². The Morgan fingerprint density at radius 3 is 2.63 bits per heavy atom. The number of hydrogen-bond acceptors (Lipinski definition) is 3. The van der Waals surface area contributed by atoms with Crippen molar-refractivity contribution in [2.75, 3.05) is 6.54 Å². The molecule has 1 amide bonds. The Labute approximate surface area is 152 Å². The molecule has 0 fully saturated rings. The van der Waals surface area contributed by atoms with Gasteiger partial charge in [-0.1, -0.05) is 0 Å². The number of furan rings is 1. The summed E-state index contributed by atoms with van der Waals surface area (Å²) in [6, 6.07) is 5.96. The largest absolute Gasteiger partial charge is 0.467 e. The van der Waals surface area contributed by atoms with Crippen molar-refractivity contribution in [1.82, 2.24) is 14.5 Å². The molecule has 0 saturated carbocycles. The molecule has 0 saturated heterocycles. The zero-order chi connectivity index (χ0) is 19.8. The van der Waals surface area contributed by atoms with Crippen molar-refractivity contribution in [3.63, 3.8) is 0 Å². The maximum absolute atomic E-state index is 12.8. The number of nitrogens with zero attached hydrogens (tertiary/aromatic N) is 2. The lowest BCUT2D eigenvalue weighted by molar-refractivity contribution is -0.140. The Kier molecular flexibility index (Phi) is 4.86. The Morgan fingerprint density at radius 2 is 2.04 bits per heavy atom. The maximum atomic E-state index is 12.8. The average molecular weight is 381 g/mol. The van der Waals surface area contributed by atoms with Crippen molar-refractivity contribution in [1.29, 1.82) is 0 Å². The first kappa shape index (κ1) is 18.8. The first-order valence-corrected chi connectivity index (χ1v) is 8.31. The fourth-order valence-corrected chi connectivity index (χ4v) is 2.88. The van der Waals surface area contributed by atoms with Crippen LogP contribution in [0.4, 0.5) is 13.2 Å². The third-order valence-electron chi connectivity index (χ3n) is 4.33. The number of carbonyl (C=O) groups excluding carboxylic acids is 1. The SMILES string of the molecule is CCN(Cc1occc1C)C(=O)c1ccc2c(c1)[nH]c(=O)n2CC(F)(F)F. The van der Waals surface area contributed by atoms with Gasteiger partial charge in [-0.15, -0.1) is 0 Å². The van der Waals surface area contributed by atoms with Gasteiger partial charge in [0.1, 0.15) is 12.3 Å². The van der Waals surface area contributed by atoms with Gasteiger partial charge in [0.15, 0.2) is 0 Å². The van der Waals surface area contributed by atoms with Gasteiger partial charge in [0.25, 0.3) is 5.91 Å². The third-order valence-corrected chi connectivity index (χ3v) is 4.33. The molecule has 3 aromatic rings. The van der Waals surface area contributed by atoms with Crippen molar-refractivity contribution in [3.8, 4) is 0 Å². The van der Waals surface area contributed by atoms with Crippen LogP contribution in [0.15, 0.2) is 39.7 Å². The molecule has 0 aliphatic rings. The monoisotopic (exact) mass is 381 g/mol. The minimum Gasteiger partial charge on any atom is -0.467 e. The van der Waals surface area contributed by atoms with Crippen LogP contribution in [0, 0.1) is 6.92 Å². The highest BCUT2D eigenvalue weighted by Gasteiger charge is 2.30. The number of benzene rings is 1. The van der Waals surface area contributed by atoms with Crippen LogP contribution in [0.25, 0.3) is 11.0 Å². The third kappa shape index (κ3) is 3.91. The number of H-pyrrole nitrogens is 1. The van der Waals surface area contributed by atoms with Gasteiger partial charge in [0, 0.05) is 12.1 Å². The lowest BCUT2D eigenvalue weighted by Crippen LogP contribution is -2.30. The molecule has 0 unspecified atom stereocenters. The second kappa shape index (κ2) is 6.98. The van der Waals surface area contributed by atoms with Crippen LogP contribution < -0.4 is 5.69 Å². The van der Waals surface area contributed by atoms with E-state index in [1.165, 1.54) is 18.2 Å². The molecule has 144 valence electrons. The minimum absolute atomic E-state index is 0.0961. The average Bonchev–Trinajstić information content (AvgIpc) is 3.13. The number of aromatic nitrogens is 2. The van der Waals surface area contributed by atoms with Crippen LogP contribution in [0.5, 0.6) is 0 Å². The number of alkyl halides is 3. The first-order valence-electron chi connectivity index (χ1n) is 8.31. The van der Waals surface area contributed by atoms with E-state index < -0.39 is 18.4 Å². The van der Waals surface area contributed by atoms with Crippen molar-refractivity contribution < 1.29 is 22.4 Å². The Hall–Kier alpha value is -2.97. The van der Waals surface area contributed by atoms with Gasteiger partial charge in [-0.05, 0) is 43.7 Å². The zero-order valence-electron chi connectivity index (χ0n) is 14.8. The molecule has 3 rings (SSSR count). The van der Waals surface area contributed by atoms with Crippen molar-refractivity contribution in [2.24, 2.45) is 0 Å². The summed E-state index contributed by atoms with van der Waals surface area (Å²) in [5.74, 6) is 0.357. The van der Waals surface area contributed by atoms with Crippen molar-refractivity contribution in [2.45, 2.75) is 33.1 Å². The molecule has 0 radical (unpaired) electrons. The summed E-state index contributed by atoms with van der Waals surface area (Å²) in [7, 11) is 0. The molecular formula is C18H18F3N3O3. The number of halogens is 3. The van der Waals surface area contributed by atoms with E-state index in [9.17, 15) is 22.8 Å². The van der Waals surface area contributed by atoms with E-state index in [0.717, 1.165) is 5.56 Å². The second-order valence-electron chi connectivity index (χ2n) is 6.21. The molecule has 1 N–H and O–H groups in total. The zero-order valence-corrected chi connectivity index (χ0v) is 14.8. The quantitative estimate of drug-likeness (QED) is 0.736. The summed E-state index contributed by atoms with van der Waals surface area (Å²) >= 11 is 0. The van der Waals surface area contributed by atoms with Crippen LogP contribution in [0.3, 0.4) is 0 Å². The standard InChI is InChI=1S/C18H18F3N3O3/c1-3-23(9-15-11(2)6-7-27-15)16(25)12-4-5-14-13(8-12)22-17(26)24(14)10-18(19,20)21/h4-8H,3,9-10H2,1-2H3,(H,22,26). The van der Waals surface area contributed by atoms with Crippen LogP contribution in [0.1, 0.15) is 28.6 Å². The molecule has 0 aliphatic heterocycles. The van der Waals surface area contributed by atoms with E-state index in [2.05, 4.69) is 4.98 Å². The molecule has 6 nitrogen and oxygen atoms in total. The van der Waals surface area contributed by atoms with Crippen LogP contribution in [0.2, 0.25) is 0 Å². The number of amides is 1. The van der Waals surface area contributed by atoms with Crippen LogP contribution in [-0.4, -0.2) is 33.1 Å². The minimum atomic E-state index is -4.52. The summed E-state index contributed by atoms with van der Waals surface area (Å²) < 4.78 is 43.9. The number of carbonyl (C=O) groups is 1. The van der Waals surface area contributed by atoms with Gasteiger partial charge < -0.3 is 14.3 Å². The van der Waals surface area contributed by atoms with Crippen molar-refractivity contribution in [3.05, 3.63) is 57.9 Å². The van der Waals surface area contributed by atoms with Gasteiger partial charge in [-0.2, -0.15) is 13.2 Å². The summed E-state index contributed by atoms with van der Waals surface area (Å²) in [6.45, 7) is 2.99. The Bertz CT molecular complexity index is 1030. The van der Waals surface area contributed by atoms with Gasteiger partial charge in [-0.25, -0.2) is 4.79 Å².